The molecule has 35 heavy (non-hydrogen) atoms. The average molecular weight is 492 g/mol. The monoisotopic (exact) mass is 491 g/mol. The van der Waals surface area contributed by atoms with Crippen molar-refractivity contribution in [1.82, 2.24) is 16.0 Å². The highest BCUT2D eigenvalue weighted by molar-refractivity contribution is 5.81. The van der Waals surface area contributed by atoms with Crippen LogP contribution in [0, 0.1) is 41.4 Å². The van der Waals surface area contributed by atoms with Crippen molar-refractivity contribution in [3.8, 4) is 0 Å². The molecule has 5 rings (SSSR count). The molecule has 7 unspecified atom stereocenters. The highest BCUT2D eigenvalue weighted by Crippen LogP contribution is 2.50. The number of hydrogen-bond acceptors (Lipinski definition) is 4. The maximum Gasteiger partial charge on any atom is 0.407 e. The van der Waals surface area contributed by atoms with Crippen LogP contribution in [-0.2, 0) is 9.53 Å². The number of alkyl carbamates (subject to hydrolysis) is 1. The Labute approximate surface area is 210 Å². The summed E-state index contributed by atoms with van der Waals surface area (Å²) >= 11 is 0. The number of hydrogen-bond donors (Lipinski definition) is 3. The number of piperidine rings is 1. The van der Waals surface area contributed by atoms with Gasteiger partial charge >= 0.3 is 6.09 Å². The Hall–Kier alpha value is -1.37. The topological polar surface area (TPSA) is 79.5 Å². The minimum Gasteiger partial charge on any atom is -0.449 e. The third kappa shape index (κ3) is 6.90. The molecule has 1 aliphatic heterocycles. The first-order valence-electron chi connectivity index (χ1n) is 14.6. The van der Waals surface area contributed by atoms with Crippen LogP contribution >= 0.6 is 0 Å². The largest absolute Gasteiger partial charge is 0.449 e. The van der Waals surface area contributed by atoms with Gasteiger partial charge in [-0.1, -0.05) is 6.42 Å². The van der Waals surface area contributed by atoms with Crippen LogP contribution in [0.1, 0.15) is 83.5 Å². The van der Waals surface area contributed by atoms with Crippen molar-refractivity contribution in [2.45, 2.75) is 95.7 Å². The van der Waals surface area contributed by atoms with E-state index in [1.807, 2.05) is 0 Å². The van der Waals surface area contributed by atoms with E-state index in [-0.39, 0.29) is 17.9 Å². The summed E-state index contributed by atoms with van der Waals surface area (Å²) < 4.78 is 19.0. The van der Waals surface area contributed by atoms with Gasteiger partial charge in [0.25, 0.3) is 0 Å². The number of rotatable bonds is 7. The number of nitrogens with one attached hydrogen (secondary N) is 3. The molecular weight excluding hydrogens is 445 g/mol. The van der Waals surface area contributed by atoms with Gasteiger partial charge in [-0.15, -0.1) is 0 Å². The maximum absolute atomic E-state index is 13.5. The number of ether oxygens (including phenoxy) is 1. The molecular formula is C28H46FN3O3. The van der Waals surface area contributed by atoms with E-state index in [9.17, 15) is 14.0 Å². The lowest BCUT2D eigenvalue weighted by atomic mass is 9.73. The van der Waals surface area contributed by atoms with Gasteiger partial charge in [0.2, 0.25) is 5.91 Å². The molecule has 6 nitrogen and oxygen atoms in total. The molecule has 4 aliphatic carbocycles. The van der Waals surface area contributed by atoms with Gasteiger partial charge in [-0.3, -0.25) is 4.79 Å². The molecule has 0 spiro atoms. The van der Waals surface area contributed by atoms with E-state index < -0.39 is 6.17 Å². The van der Waals surface area contributed by atoms with Crippen LogP contribution in [0.25, 0.3) is 0 Å². The summed E-state index contributed by atoms with van der Waals surface area (Å²) in [4.78, 5) is 25.0. The molecule has 0 aromatic heterocycles. The number of amides is 2. The molecule has 0 aromatic carbocycles. The number of alkyl halides is 1. The first-order valence-corrected chi connectivity index (χ1v) is 14.6. The van der Waals surface area contributed by atoms with E-state index >= 15 is 0 Å². The third-order valence-electron chi connectivity index (χ3n) is 9.96. The van der Waals surface area contributed by atoms with Gasteiger partial charge in [-0.05, 0) is 126 Å². The molecule has 198 valence electrons. The Morgan fingerprint density at radius 1 is 0.857 bits per heavy atom. The Bertz CT molecular complexity index is 728. The van der Waals surface area contributed by atoms with Crippen LogP contribution in [0.3, 0.4) is 0 Å². The number of fused-ring (bicyclic) bond motifs is 1. The normalized spacial score (nSPS) is 41.3. The summed E-state index contributed by atoms with van der Waals surface area (Å²) in [6.45, 7) is 3.29. The van der Waals surface area contributed by atoms with Crippen molar-refractivity contribution in [2.75, 3.05) is 26.2 Å². The molecule has 1 heterocycles. The summed E-state index contributed by atoms with van der Waals surface area (Å²) in [6.07, 6.45) is 12.4. The molecule has 7 heteroatoms. The molecule has 5 aliphatic rings. The van der Waals surface area contributed by atoms with E-state index in [1.54, 1.807) is 0 Å². The molecule has 1 saturated heterocycles. The SMILES string of the molecule is O=C(NCC1CCCC(F)C1)OCC1CCC(C2CC2C(=O)NC2CCC3CNCCC3C2)CC1. The van der Waals surface area contributed by atoms with E-state index in [4.69, 9.17) is 4.74 Å². The van der Waals surface area contributed by atoms with Crippen molar-refractivity contribution >= 4 is 12.0 Å². The van der Waals surface area contributed by atoms with E-state index in [0.717, 1.165) is 76.3 Å². The smallest absolute Gasteiger partial charge is 0.407 e. The molecule has 3 N–H and O–H groups in total. The predicted octanol–water partition coefficient (Wildman–Crippen LogP) is 4.58. The van der Waals surface area contributed by atoms with Crippen LogP contribution in [0.2, 0.25) is 0 Å². The lowest BCUT2D eigenvalue weighted by Crippen LogP contribution is -2.46. The van der Waals surface area contributed by atoms with Gasteiger partial charge in [0, 0.05) is 18.5 Å². The van der Waals surface area contributed by atoms with Crippen molar-refractivity contribution in [3.63, 3.8) is 0 Å². The Morgan fingerprint density at radius 3 is 2.51 bits per heavy atom. The maximum atomic E-state index is 13.5. The highest BCUT2D eigenvalue weighted by atomic mass is 19.1. The van der Waals surface area contributed by atoms with Crippen LogP contribution in [-0.4, -0.2) is 50.5 Å². The first kappa shape index (κ1) is 25.3. The van der Waals surface area contributed by atoms with Gasteiger partial charge in [-0.25, -0.2) is 9.18 Å². The van der Waals surface area contributed by atoms with E-state index in [1.165, 1.54) is 19.3 Å². The molecule has 5 fully saturated rings. The van der Waals surface area contributed by atoms with Crippen LogP contribution < -0.4 is 16.0 Å². The average Bonchev–Trinajstić information content (AvgIpc) is 3.68. The van der Waals surface area contributed by atoms with E-state index in [2.05, 4.69) is 16.0 Å². The van der Waals surface area contributed by atoms with Crippen molar-refractivity contribution in [2.24, 2.45) is 41.4 Å². The number of halogens is 1. The summed E-state index contributed by atoms with van der Waals surface area (Å²) in [5, 5.41) is 9.78. The first-order chi connectivity index (χ1) is 17.0. The summed E-state index contributed by atoms with van der Waals surface area (Å²) in [5.41, 5.74) is 0. The number of carbonyl (C=O) groups excluding carboxylic acids is 2. The minimum atomic E-state index is -0.715. The van der Waals surface area contributed by atoms with E-state index in [0.29, 0.717) is 55.7 Å². The van der Waals surface area contributed by atoms with Gasteiger partial charge in [0.1, 0.15) is 6.17 Å². The van der Waals surface area contributed by atoms with Gasteiger partial charge < -0.3 is 20.7 Å². The second-order valence-electron chi connectivity index (χ2n) is 12.4. The van der Waals surface area contributed by atoms with Crippen LogP contribution in [0.4, 0.5) is 9.18 Å². The lowest BCUT2D eigenvalue weighted by molar-refractivity contribution is -0.124. The van der Waals surface area contributed by atoms with Gasteiger partial charge in [0.05, 0.1) is 6.61 Å². The molecule has 4 saturated carbocycles. The second kappa shape index (κ2) is 11.8. The number of carbonyl (C=O) groups is 2. The lowest BCUT2D eigenvalue weighted by Gasteiger charge is -2.39. The Kier molecular flexibility index (Phi) is 8.51. The predicted molar refractivity (Wildman–Crippen MR) is 133 cm³/mol. The summed E-state index contributed by atoms with van der Waals surface area (Å²) in [6, 6.07) is 0.388. The minimum absolute atomic E-state index is 0.230. The fourth-order valence-corrected chi connectivity index (χ4v) is 7.67. The molecule has 0 aromatic rings. The molecule has 0 radical (unpaired) electrons. The van der Waals surface area contributed by atoms with Crippen LogP contribution in [0.15, 0.2) is 0 Å². The molecule has 2 amide bonds. The standard InChI is InChI=1S/C28H46FN3O3/c29-23-3-1-2-19(12-23)15-31-28(34)35-17-18-4-6-20(7-5-18)25-14-26(25)27(33)32-24-9-8-22-16-30-11-10-21(22)13-24/h18-26,30H,1-17H2,(H,31,34)(H,32,33). The summed E-state index contributed by atoms with van der Waals surface area (Å²) in [5.74, 6) is 4.02. The van der Waals surface area contributed by atoms with Crippen LogP contribution in [0.5, 0.6) is 0 Å². The third-order valence-corrected chi connectivity index (χ3v) is 9.96. The van der Waals surface area contributed by atoms with Crippen molar-refractivity contribution in [3.05, 3.63) is 0 Å². The zero-order valence-corrected chi connectivity index (χ0v) is 21.3. The zero-order valence-electron chi connectivity index (χ0n) is 21.3. The highest BCUT2D eigenvalue weighted by Gasteiger charge is 2.48. The Morgan fingerprint density at radius 2 is 1.69 bits per heavy atom. The molecule has 7 atom stereocenters. The summed E-state index contributed by atoms with van der Waals surface area (Å²) in [7, 11) is 0. The zero-order chi connectivity index (χ0) is 24.2. The fourth-order valence-electron chi connectivity index (χ4n) is 7.67. The molecule has 0 bridgehead atoms. The van der Waals surface area contributed by atoms with Gasteiger partial charge in [0.15, 0.2) is 0 Å². The quantitative estimate of drug-likeness (QED) is 0.487. The fraction of sp³-hybridized carbons (Fsp3) is 0.929. The second-order valence-corrected chi connectivity index (χ2v) is 12.4. The van der Waals surface area contributed by atoms with Crippen molar-refractivity contribution < 1.29 is 18.7 Å². The Balaban J connectivity index is 0.945. The van der Waals surface area contributed by atoms with Gasteiger partial charge in [-0.2, -0.15) is 0 Å². The van der Waals surface area contributed by atoms with Crippen molar-refractivity contribution in [1.29, 1.82) is 0 Å².